The zero-order chi connectivity index (χ0) is 55.5. The third kappa shape index (κ3) is 56.2. The SMILES string of the molecule is CC/C=C\C/C=C\C/C=C\C/C=C\CCCCCCC(=O)OCC(COP(=O)(O)OCC(CO)OC(=O)CCCCCCCCCCCCCCCCC)OC(=O)CCCCCCCCCCCCCCCCCCC. The molecule has 0 aromatic heterocycles. The van der Waals surface area contributed by atoms with E-state index in [0.717, 1.165) is 89.9 Å². The molecule has 0 saturated carbocycles. The topological polar surface area (TPSA) is 155 Å². The lowest BCUT2D eigenvalue weighted by Crippen LogP contribution is -2.30. The second-order valence-corrected chi connectivity index (χ2v) is 22.7. The number of aliphatic hydroxyl groups is 1. The molecule has 0 aliphatic carbocycles. The molecule has 0 fully saturated rings. The summed E-state index contributed by atoms with van der Waals surface area (Å²) in [7, 11) is -4.75. The molecule has 444 valence electrons. The Balaban J connectivity index is 4.70. The van der Waals surface area contributed by atoms with Crippen molar-refractivity contribution in [2.45, 2.75) is 315 Å². The third-order valence-electron chi connectivity index (χ3n) is 13.8. The van der Waals surface area contributed by atoms with Crippen LogP contribution >= 0.6 is 7.82 Å². The molecule has 3 unspecified atom stereocenters. The van der Waals surface area contributed by atoms with Gasteiger partial charge in [-0.1, -0.05) is 275 Å². The molecule has 0 aromatic carbocycles. The maximum Gasteiger partial charge on any atom is 0.472 e. The Morgan fingerprint density at radius 2 is 0.684 bits per heavy atom. The smallest absolute Gasteiger partial charge is 0.462 e. The van der Waals surface area contributed by atoms with Crippen LogP contribution in [0.2, 0.25) is 0 Å². The van der Waals surface area contributed by atoms with Gasteiger partial charge in [0.2, 0.25) is 0 Å². The summed E-state index contributed by atoms with van der Waals surface area (Å²) in [6.45, 7) is 4.57. The Labute approximate surface area is 466 Å². The van der Waals surface area contributed by atoms with E-state index in [1.54, 1.807) is 0 Å². The van der Waals surface area contributed by atoms with Gasteiger partial charge in [-0.15, -0.1) is 0 Å². The van der Waals surface area contributed by atoms with Gasteiger partial charge in [-0.05, 0) is 57.8 Å². The number of carbonyl (C=O) groups is 3. The van der Waals surface area contributed by atoms with Crippen molar-refractivity contribution in [1.82, 2.24) is 0 Å². The van der Waals surface area contributed by atoms with E-state index in [1.807, 2.05) is 0 Å². The Hall–Kier alpha value is -2.56. The van der Waals surface area contributed by atoms with E-state index in [4.69, 9.17) is 23.3 Å². The van der Waals surface area contributed by atoms with Crippen LogP contribution in [0.4, 0.5) is 0 Å². The quantitative estimate of drug-likeness (QED) is 0.0197. The van der Waals surface area contributed by atoms with Crippen LogP contribution in [0.5, 0.6) is 0 Å². The number of esters is 3. The predicted molar refractivity (Wildman–Crippen MR) is 316 cm³/mol. The molecule has 0 spiro atoms. The van der Waals surface area contributed by atoms with Gasteiger partial charge in [0.25, 0.3) is 0 Å². The molecular formula is C64H117O11P. The van der Waals surface area contributed by atoms with Gasteiger partial charge in [-0.25, -0.2) is 4.57 Å². The number of rotatable bonds is 59. The average Bonchev–Trinajstić information content (AvgIpc) is 3.41. The van der Waals surface area contributed by atoms with E-state index in [9.17, 15) is 28.9 Å². The average molecular weight is 1090 g/mol. The van der Waals surface area contributed by atoms with Gasteiger partial charge in [-0.2, -0.15) is 0 Å². The largest absolute Gasteiger partial charge is 0.472 e. The summed E-state index contributed by atoms with van der Waals surface area (Å²) in [5.74, 6) is -1.47. The first-order valence-corrected chi connectivity index (χ1v) is 33.0. The molecule has 0 amide bonds. The highest BCUT2D eigenvalue weighted by Gasteiger charge is 2.28. The van der Waals surface area contributed by atoms with Crippen LogP contribution in [0.15, 0.2) is 48.6 Å². The van der Waals surface area contributed by atoms with Gasteiger partial charge in [0.05, 0.1) is 19.8 Å². The normalized spacial score (nSPS) is 13.6. The van der Waals surface area contributed by atoms with Crippen LogP contribution < -0.4 is 0 Å². The van der Waals surface area contributed by atoms with Crippen LogP contribution in [-0.4, -0.2) is 66.5 Å². The zero-order valence-corrected chi connectivity index (χ0v) is 50.1. The third-order valence-corrected chi connectivity index (χ3v) is 14.7. The number of allylic oxidation sites excluding steroid dienone is 8. The van der Waals surface area contributed by atoms with Crippen LogP contribution in [0.1, 0.15) is 303 Å². The van der Waals surface area contributed by atoms with Gasteiger partial charge in [0, 0.05) is 19.3 Å². The number of phosphoric ester groups is 1. The molecule has 0 saturated heterocycles. The van der Waals surface area contributed by atoms with Crippen LogP contribution in [0.25, 0.3) is 0 Å². The van der Waals surface area contributed by atoms with Crippen molar-refractivity contribution in [3.63, 3.8) is 0 Å². The fourth-order valence-corrected chi connectivity index (χ4v) is 9.78. The number of ether oxygens (including phenoxy) is 3. The standard InChI is InChI=1S/C64H117O11P/c1-4-7-10-13-16-19-22-25-28-30-33-35-38-41-44-47-50-53-62(66)71-57-61(75-64(68)55-52-49-46-43-40-37-34-31-29-26-23-20-17-14-11-8-5-2)59-73-76(69,70)72-58-60(56-65)74-63(67)54-51-48-45-42-39-36-32-27-24-21-18-15-12-9-6-3/h7,10,16,19,25,28,33,35,60-61,65H,4-6,8-9,11-15,17-18,20-24,26-27,29-32,34,36-59H2,1-3H3,(H,69,70)/b10-7-,19-16-,28-25-,35-33-. The monoisotopic (exact) mass is 1090 g/mol. The summed E-state index contributed by atoms with van der Waals surface area (Å²) in [6.07, 6.45) is 63.4. The lowest BCUT2D eigenvalue weighted by Gasteiger charge is -2.21. The molecule has 0 bridgehead atoms. The minimum absolute atomic E-state index is 0.167. The first kappa shape index (κ1) is 73.4. The van der Waals surface area contributed by atoms with Gasteiger partial charge in [0.15, 0.2) is 6.10 Å². The van der Waals surface area contributed by atoms with Crippen molar-refractivity contribution < 1.29 is 52.2 Å². The Morgan fingerprint density at radius 1 is 0.382 bits per heavy atom. The van der Waals surface area contributed by atoms with Gasteiger partial charge in [0.1, 0.15) is 12.7 Å². The minimum Gasteiger partial charge on any atom is -0.462 e. The van der Waals surface area contributed by atoms with E-state index < -0.39 is 57.8 Å². The zero-order valence-electron chi connectivity index (χ0n) is 49.2. The predicted octanol–water partition coefficient (Wildman–Crippen LogP) is 18.9. The van der Waals surface area contributed by atoms with Gasteiger partial charge >= 0.3 is 25.7 Å². The van der Waals surface area contributed by atoms with Gasteiger partial charge < -0.3 is 24.2 Å². The number of hydrogen-bond donors (Lipinski definition) is 2. The summed E-state index contributed by atoms with van der Waals surface area (Å²) in [6, 6.07) is 0. The number of carbonyl (C=O) groups excluding carboxylic acids is 3. The van der Waals surface area contributed by atoms with Crippen LogP contribution in [0.3, 0.4) is 0 Å². The number of hydrogen-bond acceptors (Lipinski definition) is 10. The van der Waals surface area contributed by atoms with Crippen molar-refractivity contribution in [1.29, 1.82) is 0 Å². The lowest BCUT2D eigenvalue weighted by atomic mass is 10.0. The molecule has 76 heavy (non-hydrogen) atoms. The molecule has 11 nitrogen and oxygen atoms in total. The van der Waals surface area contributed by atoms with Crippen molar-refractivity contribution in [3.05, 3.63) is 48.6 Å². The second-order valence-electron chi connectivity index (χ2n) is 21.2. The maximum atomic E-state index is 12.9. The molecule has 0 radical (unpaired) electrons. The molecule has 0 aliphatic rings. The van der Waals surface area contributed by atoms with E-state index >= 15 is 0 Å². The highest BCUT2D eigenvalue weighted by atomic mass is 31.2. The van der Waals surface area contributed by atoms with Crippen molar-refractivity contribution in [2.24, 2.45) is 0 Å². The molecule has 3 atom stereocenters. The summed E-state index contributed by atoms with van der Waals surface area (Å²) < 4.78 is 39.6. The second kappa shape index (κ2) is 58.6. The summed E-state index contributed by atoms with van der Waals surface area (Å²) >= 11 is 0. The van der Waals surface area contributed by atoms with Crippen molar-refractivity contribution in [3.8, 4) is 0 Å². The molecule has 0 heterocycles. The maximum absolute atomic E-state index is 12.9. The van der Waals surface area contributed by atoms with Crippen LogP contribution in [-0.2, 0) is 42.2 Å². The fraction of sp³-hybridized carbons (Fsp3) is 0.828. The molecule has 2 N–H and O–H groups in total. The Kier molecular flexibility index (Phi) is 56.6. The highest BCUT2D eigenvalue weighted by molar-refractivity contribution is 7.47. The highest BCUT2D eigenvalue weighted by Crippen LogP contribution is 2.43. The Morgan fingerprint density at radius 3 is 1.05 bits per heavy atom. The summed E-state index contributed by atoms with van der Waals surface area (Å²) in [4.78, 5) is 48.7. The molecule has 0 rings (SSSR count). The summed E-state index contributed by atoms with van der Waals surface area (Å²) in [5, 5.41) is 9.84. The summed E-state index contributed by atoms with van der Waals surface area (Å²) in [5.41, 5.74) is 0. The van der Waals surface area contributed by atoms with E-state index in [0.29, 0.717) is 19.3 Å². The first-order chi connectivity index (χ1) is 37.2. The van der Waals surface area contributed by atoms with Gasteiger partial charge in [-0.3, -0.25) is 23.4 Å². The van der Waals surface area contributed by atoms with Crippen molar-refractivity contribution in [2.75, 3.05) is 26.4 Å². The Bertz CT molecular complexity index is 1460. The van der Waals surface area contributed by atoms with E-state index in [2.05, 4.69) is 69.4 Å². The molecule has 12 heteroatoms. The first-order valence-electron chi connectivity index (χ1n) is 31.5. The number of phosphoric acid groups is 1. The molecule has 0 aromatic rings. The number of unbranched alkanes of at least 4 members (excludes halogenated alkanes) is 34. The van der Waals surface area contributed by atoms with Crippen LogP contribution in [0, 0.1) is 0 Å². The minimum atomic E-state index is -4.75. The lowest BCUT2D eigenvalue weighted by molar-refractivity contribution is -0.161. The number of aliphatic hydroxyl groups excluding tert-OH is 1. The fourth-order valence-electron chi connectivity index (χ4n) is 9.00. The van der Waals surface area contributed by atoms with Crippen molar-refractivity contribution >= 4 is 25.7 Å². The molecular weight excluding hydrogens is 976 g/mol. The molecule has 0 aliphatic heterocycles. The van der Waals surface area contributed by atoms with E-state index in [1.165, 1.54) is 154 Å². The van der Waals surface area contributed by atoms with E-state index in [-0.39, 0.29) is 25.9 Å².